The van der Waals surface area contributed by atoms with Gasteiger partial charge in [0.05, 0.1) is 12.7 Å². The summed E-state index contributed by atoms with van der Waals surface area (Å²) >= 11 is 0. The van der Waals surface area contributed by atoms with Crippen LogP contribution in [0.3, 0.4) is 0 Å². The summed E-state index contributed by atoms with van der Waals surface area (Å²) in [7, 11) is 0. The highest BCUT2D eigenvalue weighted by molar-refractivity contribution is 5.93. The van der Waals surface area contributed by atoms with E-state index < -0.39 is 0 Å². The number of carbonyl (C=O) groups excluding carboxylic acids is 1. The van der Waals surface area contributed by atoms with Gasteiger partial charge in [0.2, 0.25) is 0 Å². The Bertz CT molecular complexity index is 431. The molecule has 0 aliphatic heterocycles. The Morgan fingerprint density at radius 2 is 2.25 bits per heavy atom. The molecule has 1 amide bonds. The topological polar surface area (TPSA) is 63.2 Å². The second-order valence-corrected chi connectivity index (χ2v) is 4.99. The number of carbonyl (C=O) groups is 1. The standard InChI is InChI=1S/C15H23N3O2/c1-2-16-12-7-8-17-14(11-12)15(19)18-9-10-20-13-5-3-4-6-13/h7-8,11,13H,2-6,9-10H2,1H3,(H,16,17)(H,18,19). The molecule has 2 N–H and O–H groups in total. The monoisotopic (exact) mass is 277 g/mol. The van der Waals surface area contributed by atoms with E-state index in [1.54, 1.807) is 12.3 Å². The van der Waals surface area contributed by atoms with E-state index in [-0.39, 0.29) is 5.91 Å². The van der Waals surface area contributed by atoms with E-state index >= 15 is 0 Å². The van der Waals surface area contributed by atoms with Gasteiger partial charge in [0.25, 0.3) is 5.91 Å². The molecule has 1 heterocycles. The molecule has 0 bridgehead atoms. The zero-order valence-electron chi connectivity index (χ0n) is 12.0. The fraction of sp³-hybridized carbons (Fsp3) is 0.600. The maximum atomic E-state index is 11.9. The van der Waals surface area contributed by atoms with Crippen LogP contribution in [0.25, 0.3) is 0 Å². The predicted octanol–water partition coefficient (Wildman–Crippen LogP) is 2.20. The number of nitrogens with zero attached hydrogens (tertiary/aromatic N) is 1. The lowest BCUT2D eigenvalue weighted by Crippen LogP contribution is -2.29. The first-order valence-electron chi connectivity index (χ1n) is 7.39. The van der Waals surface area contributed by atoms with Crippen LogP contribution in [0, 0.1) is 0 Å². The smallest absolute Gasteiger partial charge is 0.270 e. The van der Waals surface area contributed by atoms with Crippen molar-refractivity contribution in [3.63, 3.8) is 0 Å². The van der Waals surface area contributed by atoms with Crippen LogP contribution in [0.1, 0.15) is 43.1 Å². The number of amides is 1. The molecule has 0 aromatic carbocycles. The molecule has 0 saturated heterocycles. The minimum absolute atomic E-state index is 0.153. The van der Waals surface area contributed by atoms with Crippen molar-refractivity contribution in [3.8, 4) is 0 Å². The van der Waals surface area contributed by atoms with E-state index in [0.29, 0.717) is 24.9 Å². The number of anilines is 1. The number of aromatic nitrogens is 1. The van der Waals surface area contributed by atoms with Gasteiger partial charge in [0.15, 0.2) is 0 Å². The molecule has 1 saturated carbocycles. The number of hydrogen-bond donors (Lipinski definition) is 2. The van der Waals surface area contributed by atoms with Gasteiger partial charge in [-0.05, 0) is 31.9 Å². The summed E-state index contributed by atoms with van der Waals surface area (Å²) in [5, 5.41) is 6.00. The van der Waals surface area contributed by atoms with Gasteiger partial charge in [-0.2, -0.15) is 0 Å². The van der Waals surface area contributed by atoms with Gasteiger partial charge < -0.3 is 15.4 Å². The molecular formula is C15H23N3O2. The van der Waals surface area contributed by atoms with Crippen LogP contribution in [0.2, 0.25) is 0 Å². The van der Waals surface area contributed by atoms with Crippen LogP contribution in [-0.2, 0) is 4.74 Å². The van der Waals surface area contributed by atoms with Crippen LogP contribution in [-0.4, -0.2) is 36.7 Å². The first-order valence-corrected chi connectivity index (χ1v) is 7.39. The van der Waals surface area contributed by atoms with Gasteiger partial charge >= 0.3 is 0 Å². The Kier molecular flexibility index (Phi) is 5.80. The van der Waals surface area contributed by atoms with Gasteiger partial charge in [-0.15, -0.1) is 0 Å². The predicted molar refractivity (Wildman–Crippen MR) is 78.9 cm³/mol. The highest BCUT2D eigenvalue weighted by Gasteiger charge is 2.15. The van der Waals surface area contributed by atoms with Crippen LogP contribution >= 0.6 is 0 Å². The fourth-order valence-electron chi connectivity index (χ4n) is 2.40. The first-order chi connectivity index (χ1) is 9.79. The maximum Gasteiger partial charge on any atom is 0.270 e. The van der Waals surface area contributed by atoms with Gasteiger partial charge in [-0.3, -0.25) is 9.78 Å². The first kappa shape index (κ1) is 14.8. The summed E-state index contributed by atoms with van der Waals surface area (Å²) in [5.74, 6) is -0.153. The molecule has 0 radical (unpaired) electrons. The molecule has 2 rings (SSSR count). The van der Waals surface area contributed by atoms with Crippen LogP contribution < -0.4 is 10.6 Å². The highest BCUT2D eigenvalue weighted by atomic mass is 16.5. The summed E-state index contributed by atoms with van der Waals surface area (Å²) in [6.45, 7) is 3.94. The molecule has 0 unspecified atom stereocenters. The number of rotatable bonds is 7. The second kappa shape index (κ2) is 7.85. The van der Waals surface area contributed by atoms with E-state index in [2.05, 4.69) is 15.6 Å². The molecule has 1 aromatic heterocycles. The lowest BCUT2D eigenvalue weighted by molar-refractivity contribution is 0.0581. The van der Waals surface area contributed by atoms with Crippen molar-refractivity contribution < 1.29 is 9.53 Å². The normalized spacial score (nSPS) is 15.2. The molecule has 5 heteroatoms. The lowest BCUT2D eigenvalue weighted by atomic mass is 10.3. The molecule has 20 heavy (non-hydrogen) atoms. The molecule has 110 valence electrons. The Hall–Kier alpha value is -1.62. The zero-order valence-corrected chi connectivity index (χ0v) is 12.0. The summed E-state index contributed by atoms with van der Waals surface area (Å²) < 4.78 is 5.70. The molecule has 1 aromatic rings. The van der Waals surface area contributed by atoms with E-state index in [1.807, 2.05) is 13.0 Å². The maximum absolute atomic E-state index is 11.9. The average molecular weight is 277 g/mol. The Morgan fingerprint density at radius 1 is 1.45 bits per heavy atom. The third-order valence-electron chi connectivity index (χ3n) is 3.42. The molecule has 1 aliphatic rings. The number of pyridine rings is 1. The van der Waals surface area contributed by atoms with Gasteiger partial charge in [-0.1, -0.05) is 12.8 Å². The molecule has 0 atom stereocenters. The minimum Gasteiger partial charge on any atom is -0.385 e. The van der Waals surface area contributed by atoms with Crippen molar-refractivity contribution in [3.05, 3.63) is 24.0 Å². The van der Waals surface area contributed by atoms with Crippen LogP contribution in [0.15, 0.2) is 18.3 Å². The molecule has 1 aliphatic carbocycles. The van der Waals surface area contributed by atoms with E-state index in [1.165, 1.54) is 12.8 Å². The number of nitrogens with one attached hydrogen (secondary N) is 2. The van der Waals surface area contributed by atoms with Crippen molar-refractivity contribution in [2.24, 2.45) is 0 Å². The Balaban J connectivity index is 1.72. The van der Waals surface area contributed by atoms with Crippen LogP contribution in [0.5, 0.6) is 0 Å². The fourth-order valence-corrected chi connectivity index (χ4v) is 2.40. The van der Waals surface area contributed by atoms with E-state index in [0.717, 1.165) is 25.1 Å². The van der Waals surface area contributed by atoms with E-state index in [4.69, 9.17) is 4.74 Å². The quantitative estimate of drug-likeness (QED) is 0.750. The molecule has 5 nitrogen and oxygen atoms in total. The summed E-state index contributed by atoms with van der Waals surface area (Å²) in [6, 6.07) is 3.61. The lowest BCUT2D eigenvalue weighted by Gasteiger charge is -2.11. The van der Waals surface area contributed by atoms with Crippen molar-refractivity contribution >= 4 is 11.6 Å². The summed E-state index contributed by atoms with van der Waals surface area (Å²) in [6.07, 6.45) is 6.86. The minimum atomic E-state index is -0.153. The Labute approximate surface area is 120 Å². The van der Waals surface area contributed by atoms with Gasteiger partial charge in [0, 0.05) is 25.0 Å². The summed E-state index contributed by atoms with van der Waals surface area (Å²) in [5.41, 5.74) is 1.35. The second-order valence-electron chi connectivity index (χ2n) is 4.99. The number of hydrogen-bond acceptors (Lipinski definition) is 4. The van der Waals surface area contributed by atoms with Crippen LogP contribution in [0.4, 0.5) is 5.69 Å². The Morgan fingerprint density at radius 3 is 3.00 bits per heavy atom. The molecular weight excluding hydrogens is 254 g/mol. The van der Waals surface area contributed by atoms with E-state index in [9.17, 15) is 4.79 Å². The van der Waals surface area contributed by atoms with Crippen molar-refractivity contribution in [2.75, 3.05) is 25.0 Å². The zero-order chi connectivity index (χ0) is 14.2. The number of ether oxygens (including phenoxy) is 1. The van der Waals surface area contributed by atoms with Crippen molar-refractivity contribution in [1.29, 1.82) is 0 Å². The summed E-state index contributed by atoms with van der Waals surface area (Å²) in [4.78, 5) is 16.0. The van der Waals surface area contributed by atoms with Crippen molar-refractivity contribution in [1.82, 2.24) is 10.3 Å². The molecule has 0 spiro atoms. The SMILES string of the molecule is CCNc1ccnc(C(=O)NCCOC2CCCC2)c1. The third-order valence-corrected chi connectivity index (χ3v) is 3.42. The van der Waals surface area contributed by atoms with Gasteiger partial charge in [-0.25, -0.2) is 0 Å². The highest BCUT2D eigenvalue weighted by Crippen LogP contribution is 2.20. The van der Waals surface area contributed by atoms with Crippen molar-refractivity contribution in [2.45, 2.75) is 38.7 Å². The van der Waals surface area contributed by atoms with Gasteiger partial charge in [0.1, 0.15) is 5.69 Å². The average Bonchev–Trinajstić information content (AvgIpc) is 2.97. The third kappa shape index (κ3) is 4.49. The largest absolute Gasteiger partial charge is 0.385 e. The molecule has 1 fully saturated rings.